The van der Waals surface area contributed by atoms with Crippen LogP contribution in [0, 0.1) is 22.6 Å². The summed E-state index contributed by atoms with van der Waals surface area (Å²) in [6, 6.07) is 10.5. The van der Waals surface area contributed by atoms with Gasteiger partial charge in [-0.2, -0.15) is 5.26 Å². The van der Waals surface area contributed by atoms with Crippen LogP contribution in [0.2, 0.25) is 0 Å². The molecule has 206 valence electrons. The van der Waals surface area contributed by atoms with Crippen molar-refractivity contribution in [3.05, 3.63) is 90.2 Å². The van der Waals surface area contributed by atoms with Gasteiger partial charge in [-0.25, -0.2) is 19.0 Å². The van der Waals surface area contributed by atoms with Crippen LogP contribution in [-0.4, -0.2) is 36.5 Å². The minimum absolute atomic E-state index is 0.0550. The van der Waals surface area contributed by atoms with Gasteiger partial charge >= 0.3 is 0 Å². The Bertz CT molecular complexity index is 1790. The van der Waals surface area contributed by atoms with E-state index in [0.29, 0.717) is 45.6 Å². The highest BCUT2D eigenvalue weighted by Crippen LogP contribution is 2.38. The van der Waals surface area contributed by atoms with Gasteiger partial charge in [0.15, 0.2) is 0 Å². The average molecular weight is 549 g/mol. The quantitative estimate of drug-likeness (QED) is 0.232. The van der Waals surface area contributed by atoms with Gasteiger partial charge in [0, 0.05) is 47.3 Å². The summed E-state index contributed by atoms with van der Waals surface area (Å²) in [5.41, 5.74) is 4.54. The van der Waals surface area contributed by atoms with Crippen LogP contribution in [0.15, 0.2) is 67.5 Å². The number of benzene rings is 2. The zero-order valence-corrected chi connectivity index (χ0v) is 23.1. The van der Waals surface area contributed by atoms with E-state index in [1.807, 2.05) is 12.1 Å². The van der Waals surface area contributed by atoms with Gasteiger partial charge < -0.3 is 10.6 Å². The van der Waals surface area contributed by atoms with Crippen LogP contribution in [0.5, 0.6) is 0 Å². The second-order valence-electron chi connectivity index (χ2n) is 11.4. The molecule has 3 heterocycles. The van der Waals surface area contributed by atoms with Gasteiger partial charge in [-0.15, -0.1) is 5.10 Å². The van der Waals surface area contributed by atoms with Crippen molar-refractivity contribution in [1.29, 1.82) is 5.26 Å². The third-order valence-electron chi connectivity index (χ3n) is 6.85. The number of aromatic nitrogens is 6. The molecule has 1 saturated carbocycles. The van der Waals surface area contributed by atoms with Crippen LogP contribution < -0.4 is 10.6 Å². The Morgan fingerprint density at radius 3 is 2.59 bits per heavy atom. The van der Waals surface area contributed by atoms with Gasteiger partial charge in [-0.1, -0.05) is 38.1 Å². The Hall–Kier alpha value is -4.91. The predicted octanol–water partition coefficient (Wildman–Crippen LogP) is 6.29. The lowest BCUT2D eigenvalue weighted by Gasteiger charge is -2.23. The molecule has 41 heavy (non-hydrogen) atoms. The maximum atomic E-state index is 13.9. The van der Waals surface area contributed by atoms with Crippen molar-refractivity contribution in [3.8, 4) is 17.2 Å². The molecule has 0 bridgehead atoms. The summed E-state index contributed by atoms with van der Waals surface area (Å²) in [7, 11) is 0. The van der Waals surface area contributed by atoms with Crippen molar-refractivity contribution in [2.45, 2.75) is 45.7 Å². The first kappa shape index (κ1) is 25.1. The molecule has 1 unspecified atom stereocenters. The maximum Gasteiger partial charge on any atom is 0.123 e. The largest absolute Gasteiger partial charge is 0.383 e. The van der Waals surface area contributed by atoms with Crippen molar-refractivity contribution >= 4 is 22.3 Å². The summed E-state index contributed by atoms with van der Waals surface area (Å²) in [6.45, 7) is 6.95. The summed E-state index contributed by atoms with van der Waals surface area (Å²) in [5.74, 6) is -0.399. The van der Waals surface area contributed by atoms with Crippen LogP contribution in [0.25, 0.3) is 22.0 Å². The fourth-order valence-corrected chi connectivity index (χ4v) is 4.62. The average Bonchev–Trinajstić information content (AvgIpc) is 3.71. The van der Waals surface area contributed by atoms with Crippen molar-refractivity contribution in [1.82, 2.24) is 29.9 Å². The van der Waals surface area contributed by atoms with E-state index in [9.17, 15) is 11.0 Å². The number of fused-ring (bicyclic) bond motifs is 1. The molecular formula is C31H30FN9. The first-order valence-corrected chi connectivity index (χ1v) is 13.5. The Balaban J connectivity index is 1.55. The molecule has 10 heteroatoms. The highest BCUT2D eigenvalue weighted by atomic mass is 19.1. The summed E-state index contributed by atoms with van der Waals surface area (Å²) >= 11 is 0. The minimum atomic E-state index is -1.61. The van der Waals surface area contributed by atoms with Crippen LogP contribution in [-0.2, 0) is 0 Å². The molecule has 5 aromatic rings. The Kier molecular flexibility index (Phi) is 6.47. The molecule has 0 radical (unpaired) electrons. The number of nitrogens with one attached hydrogen (secondary N) is 2. The van der Waals surface area contributed by atoms with Gasteiger partial charge in [0.2, 0.25) is 0 Å². The first-order chi connectivity index (χ1) is 20.1. The number of rotatable bonds is 8. The molecule has 1 fully saturated rings. The normalized spacial score (nSPS) is 15.1. The number of anilines is 2. The molecule has 0 amide bonds. The molecule has 0 aliphatic heterocycles. The zero-order chi connectivity index (χ0) is 29.5. The maximum absolute atomic E-state index is 13.9. The minimum Gasteiger partial charge on any atom is -0.383 e. The molecule has 1 atom stereocenters. The number of hydrogen-bond donors (Lipinski definition) is 2. The number of halogens is 1. The van der Waals surface area contributed by atoms with Gasteiger partial charge in [-0.05, 0) is 48.1 Å². The molecule has 1 aliphatic rings. The Morgan fingerprint density at radius 1 is 1.15 bits per heavy atom. The molecule has 6 rings (SSSR count). The third kappa shape index (κ3) is 5.70. The van der Waals surface area contributed by atoms with E-state index >= 15 is 0 Å². The highest BCUT2D eigenvalue weighted by Gasteiger charge is 2.27. The smallest absolute Gasteiger partial charge is 0.123 e. The summed E-state index contributed by atoms with van der Waals surface area (Å²) in [5, 5.41) is 26.2. The predicted molar refractivity (Wildman–Crippen MR) is 156 cm³/mol. The monoisotopic (exact) mass is 548 g/mol. The molecule has 3 aromatic heterocycles. The molecule has 2 N–H and O–H groups in total. The van der Waals surface area contributed by atoms with Crippen molar-refractivity contribution in [2.75, 3.05) is 17.2 Å². The van der Waals surface area contributed by atoms with E-state index in [2.05, 4.69) is 62.7 Å². The molecular weight excluding hydrogens is 517 g/mol. The molecule has 1 aliphatic carbocycles. The number of nitrogens with zero attached hydrogens (tertiary/aromatic N) is 7. The Labute approximate surface area is 238 Å². The SMILES string of the molecule is [2H]C(Nc1cc(-c2cncnc2)c2ncc(C#N)c(NCC(C)(C)C)c2c1)(c1ccc(F)cc1)c1cn(C2CC2)nn1. The second-order valence-corrected chi connectivity index (χ2v) is 11.4. The van der Waals surface area contributed by atoms with Crippen LogP contribution >= 0.6 is 0 Å². The van der Waals surface area contributed by atoms with E-state index in [1.165, 1.54) is 18.5 Å². The fourth-order valence-electron chi connectivity index (χ4n) is 4.62. The number of pyridine rings is 1. The van der Waals surface area contributed by atoms with Crippen LogP contribution in [0.4, 0.5) is 15.8 Å². The lowest BCUT2D eigenvalue weighted by Crippen LogP contribution is -2.20. The lowest BCUT2D eigenvalue weighted by atomic mass is 9.95. The first-order valence-electron chi connectivity index (χ1n) is 14.0. The van der Waals surface area contributed by atoms with Crippen LogP contribution in [0.3, 0.4) is 0 Å². The van der Waals surface area contributed by atoms with Crippen LogP contribution in [0.1, 0.15) is 63.9 Å². The standard InChI is InChI=1S/C31H30FN9/c1-31(2,3)17-37-28-20(12-33)15-36-30-25(21-13-34-18-35-14-21)10-23(11-26(28)30)38-29(19-4-6-22(32)7-5-19)27-16-41(40-39-27)24-8-9-24/h4-7,10-11,13-16,18,24,29,38H,8-9,17H2,1-3H3,(H,36,37)/i29D. The van der Waals surface area contributed by atoms with Gasteiger partial charge in [0.25, 0.3) is 0 Å². The van der Waals surface area contributed by atoms with Crippen molar-refractivity contribution in [2.24, 2.45) is 5.41 Å². The molecule has 2 aromatic carbocycles. The molecule has 0 saturated heterocycles. The third-order valence-corrected chi connectivity index (χ3v) is 6.85. The number of nitriles is 1. The highest BCUT2D eigenvalue weighted by molar-refractivity contribution is 6.04. The summed E-state index contributed by atoms with van der Waals surface area (Å²) in [4.78, 5) is 13.1. The van der Waals surface area contributed by atoms with E-state index in [-0.39, 0.29) is 11.5 Å². The fraction of sp³-hybridized carbons (Fsp3) is 0.290. The topological polar surface area (TPSA) is 117 Å². The van der Waals surface area contributed by atoms with E-state index < -0.39 is 11.8 Å². The van der Waals surface area contributed by atoms with Gasteiger partial charge in [0.1, 0.15) is 23.9 Å². The van der Waals surface area contributed by atoms with E-state index in [0.717, 1.165) is 24.0 Å². The van der Waals surface area contributed by atoms with E-state index in [4.69, 9.17) is 0 Å². The Morgan fingerprint density at radius 2 is 1.90 bits per heavy atom. The van der Waals surface area contributed by atoms with Crippen molar-refractivity contribution < 1.29 is 5.76 Å². The zero-order valence-electron chi connectivity index (χ0n) is 24.1. The summed E-state index contributed by atoms with van der Waals surface area (Å²) in [6.07, 6.45) is 10.2. The molecule has 9 nitrogen and oxygen atoms in total. The number of hydrogen-bond acceptors (Lipinski definition) is 8. The summed E-state index contributed by atoms with van der Waals surface area (Å²) < 4.78 is 25.4. The van der Waals surface area contributed by atoms with E-state index in [1.54, 1.807) is 41.6 Å². The lowest BCUT2D eigenvalue weighted by molar-refractivity contribution is 0.443. The molecule has 0 spiro atoms. The van der Waals surface area contributed by atoms with Crippen molar-refractivity contribution in [3.63, 3.8) is 0 Å². The van der Waals surface area contributed by atoms with Gasteiger partial charge in [0.05, 0.1) is 36.4 Å². The van der Waals surface area contributed by atoms with Gasteiger partial charge in [-0.3, -0.25) is 4.98 Å². The second kappa shape index (κ2) is 10.6.